The van der Waals surface area contributed by atoms with E-state index in [0.717, 1.165) is 0 Å². The minimum absolute atomic E-state index is 0. The third-order valence-electron chi connectivity index (χ3n) is 1.11. The van der Waals surface area contributed by atoms with Crippen LogP contribution in [0.15, 0.2) is 6.08 Å². The van der Waals surface area contributed by atoms with Crippen molar-refractivity contribution in [2.75, 3.05) is 0 Å². The van der Waals surface area contributed by atoms with Crippen molar-refractivity contribution in [1.82, 2.24) is 0 Å². The Morgan fingerprint density at radius 3 is 0.842 bits per heavy atom. The molecule has 100 valence electrons. The molecule has 2 saturated carbocycles. The van der Waals surface area contributed by atoms with Crippen LogP contribution in [0.3, 0.4) is 0 Å². The second-order valence-electron chi connectivity index (χ2n) is 4.82. The van der Waals surface area contributed by atoms with E-state index in [1.165, 1.54) is 6.08 Å². The molecule has 2 fully saturated rings. The van der Waals surface area contributed by atoms with Gasteiger partial charge in [-0.1, -0.05) is 26.6 Å². The zero-order valence-electron chi connectivity index (χ0n) is 12.6. The van der Waals surface area contributed by atoms with Gasteiger partial charge in [-0.15, -0.1) is 8.07 Å². The van der Waals surface area contributed by atoms with Crippen molar-refractivity contribution in [2.45, 2.75) is 26.6 Å². The maximum absolute atomic E-state index is 4.72. The molecular formula is C17H26SiTi+2. The summed E-state index contributed by atoms with van der Waals surface area (Å²) in [6, 6.07) is 0. The quantitative estimate of drug-likeness (QED) is 0.448. The smallest absolute Gasteiger partial charge is 0.518 e. The molecule has 0 unspecified atom stereocenters. The van der Waals surface area contributed by atoms with Crippen molar-refractivity contribution >= 4 is 8.07 Å². The summed E-state index contributed by atoms with van der Waals surface area (Å²) < 4.78 is 0. The third-order valence-corrected chi connectivity index (χ3v) is 1.11. The normalized spacial score (nSPS) is 16.5. The second-order valence-corrected chi connectivity index (χ2v) is 9.94. The summed E-state index contributed by atoms with van der Waals surface area (Å²) in [7, 11) is -0.861. The Hall–Kier alpha value is 0.671. The molecule has 0 atom stereocenters. The van der Waals surface area contributed by atoms with Gasteiger partial charge in [0, 0.05) is 0 Å². The molecule has 0 aromatic carbocycles. The van der Waals surface area contributed by atoms with Crippen LogP contribution in [-0.4, -0.2) is 8.07 Å². The fourth-order valence-electron chi connectivity index (χ4n) is 0.642. The molecule has 0 aromatic rings. The number of rotatable bonds is 0. The van der Waals surface area contributed by atoms with Gasteiger partial charge in [0.2, 0.25) is 0 Å². The van der Waals surface area contributed by atoms with E-state index in [4.69, 9.17) is 6.58 Å². The van der Waals surface area contributed by atoms with E-state index in [2.05, 4.69) is 26.2 Å². The van der Waals surface area contributed by atoms with Crippen molar-refractivity contribution in [1.29, 1.82) is 0 Å². The Labute approximate surface area is 139 Å². The second kappa shape index (κ2) is 18.7. The van der Waals surface area contributed by atoms with Crippen LogP contribution in [-0.2, 0) is 21.7 Å². The standard InChI is InChI=1S/2C5H5.C4H11Si.C3H5.Ti/c2*1-2-4-5-3-1;1-5(2,3)4;1-3-2;/h2*1-5H;1H2,2-4H3;1,3H,2H3;/q;;2*-1;+4. The van der Waals surface area contributed by atoms with Crippen LogP contribution in [0.4, 0.5) is 0 Å². The van der Waals surface area contributed by atoms with Gasteiger partial charge in [0.1, 0.15) is 0 Å². The maximum atomic E-state index is 4.72. The van der Waals surface area contributed by atoms with Gasteiger partial charge in [-0.3, -0.25) is 6.08 Å². The van der Waals surface area contributed by atoms with Crippen molar-refractivity contribution in [3.63, 3.8) is 0 Å². The van der Waals surface area contributed by atoms with Crippen LogP contribution < -0.4 is 0 Å². The van der Waals surface area contributed by atoms with Crippen molar-refractivity contribution < 1.29 is 21.7 Å². The third kappa shape index (κ3) is 45.6. The molecule has 10 radical (unpaired) electrons. The molecule has 2 aliphatic carbocycles. The summed E-state index contributed by atoms with van der Waals surface area (Å²) >= 11 is 0. The predicted molar refractivity (Wildman–Crippen MR) is 86.2 cm³/mol. The van der Waals surface area contributed by atoms with Crippen LogP contribution in [0.25, 0.3) is 0 Å². The minimum atomic E-state index is -0.861. The molecule has 2 aliphatic rings. The summed E-state index contributed by atoms with van der Waals surface area (Å²) in [5.74, 6) is 0. The van der Waals surface area contributed by atoms with Crippen LogP contribution in [0, 0.1) is 77.3 Å². The molecule has 19 heavy (non-hydrogen) atoms. The Morgan fingerprint density at radius 2 is 0.789 bits per heavy atom. The van der Waals surface area contributed by atoms with E-state index >= 15 is 0 Å². The van der Waals surface area contributed by atoms with E-state index in [1.807, 2.05) is 64.2 Å². The van der Waals surface area contributed by atoms with Crippen LogP contribution in [0.5, 0.6) is 0 Å². The molecule has 0 nitrogen and oxygen atoms in total. The van der Waals surface area contributed by atoms with Gasteiger partial charge in [0.15, 0.2) is 0 Å². The summed E-state index contributed by atoms with van der Waals surface area (Å²) in [4.78, 5) is 0. The molecule has 0 spiro atoms. The zero-order chi connectivity index (χ0) is 14.3. The predicted octanol–water partition coefficient (Wildman–Crippen LogP) is 4.73. The SMILES string of the molecule is [CH-]=CC.[CH2-][Si](C)(C)C.[CH]1[CH][CH][CH][CH]1.[CH]1[CH][CH][CH][CH]1.[Ti+4]. The first-order valence-electron chi connectivity index (χ1n) is 6.10. The molecule has 0 saturated heterocycles. The van der Waals surface area contributed by atoms with Gasteiger partial charge < -0.3 is 13.1 Å². The first kappa shape index (κ1) is 24.7. The van der Waals surface area contributed by atoms with Crippen LogP contribution in [0.2, 0.25) is 19.6 Å². The van der Waals surface area contributed by atoms with Crippen molar-refractivity contribution in [3.8, 4) is 0 Å². The first-order valence-corrected chi connectivity index (χ1v) is 9.80. The maximum Gasteiger partial charge on any atom is 4.00 e. The van der Waals surface area contributed by atoms with Gasteiger partial charge >= 0.3 is 21.7 Å². The molecule has 2 rings (SSSR count). The average molecular weight is 306 g/mol. The van der Waals surface area contributed by atoms with Crippen molar-refractivity contribution in [2.24, 2.45) is 0 Å². The van der Waals surface area contributed by atoms with E-state index in [-0.39, 0.29) is 21.7 Å². The van der Waals surface area contributed by atoms with Crippen LogP contribution in [0.1, 0.15) is 6.92 Å². The largest absolute Gasteiger partial charge is 4.00 e. The van der Waals surface area contributed by atoms with E-state index in [9.17, 15) is 0 Å². The van der Waals surface area contributed by atoms with Gasteiger partial charge in [-0.05, 0) is 64.2 Å². The van der Waals surface area contributed by atoms with Gasteiger partial charge in [0.05, 0.1) is 0 Å². The summed E-state index contributed by atoms with van der Waals surface area (Å²) in [5, 5.41) is 0. The average Bonchev–Trinajstić information content (AvgIpc) is 2.96. The summed E-state index contributed by atoms with van der Waals surface area (Å²) in [6.07, 6.45) is 21.5. The molecule has 0 N–H and O–H groups in total. The molecule has 2 heteroatoms. The number of hydrogen-bond donors (Lipinski definition) is 0. The van der Waals surface area contributed by atoms with Crippen molar-refractivity contribution in [3.05, 3.63) is 83.4 Å². The Morgan fingerprint density at radius 1 is 0.737 bits per heavy atom. The monoisotopic (exact) mass is 306 g/mol. The molecule has 0 aliphatic heterocycles. The molecule has 0 heterocycles. The Bertz CT molecular complexity index is 122. The first-order chi connectivity index (χ1) is 8.41. The molecule has 0 amide bonds. The van der Waals surface area contributed by atoms with Crippen LogP contribution >= 0.6 is 0 Å². The van der Waals surface area contributed by atoms with E-state index < -0.39 is 8.07 Å². The topological polar surface area (TPSA) is 0 Å². The summed E-state index contributed by atoms with van der Waals surface area (Å²) in [5.41, 5.74) is 0. The fraction of sp³-hybridized carbons (Fsp3) is 0.235. The van der Waals surface area contributed by atoms with Gasteiger partial charge in [0.25, 0.3) is 0 Å². The van der Waals surface area contributed by atoms with E-state index in [0.29, 0.717) is 0 Å². The molecular weight excluding hydrogens is 280 g/mol. The van der Waals surface area contributed by atoms with E-state index in [1.54, 1.807) is 6.92 Å². The summed E-state index contributed by atoms with van der Waals surface area (Å²) in [6.45, 7) is 17.1. The Balaban J connectivity index is -0.000000180. The minimum Gasteiger partial charge on any atom is -0.518 e. The molecule has 0 aromatic heterocycles. The van der Waals surface area contributed by atoms with Gasteiger partial charge in [-0.2, -0.15) is 0 Å². The Kier molecular flexibility index (Phi) is 24.2. The number of hydrogen-bond acceptors (Lipinski definition) is 0. The molecule has 0 bridgehead atoms. The van der Waals surface area contributed by atoms with Gasteiger partial charge in [-0.25, -0.2) is 0 Å². The zero-order valence-corrected chi connectivity index (χ0v) is 15.2. The number of allylic oxidation sites excluding steroid dienone is 1. The fourth-order valence-corrected chi connectivity index (χ4v) is 0.642.